The Morgan fingerprint density at radius 1 is 1.17 bits per heavy atom. The average Bonchev–Trinajstić information content (AvgIpc) is 2.46. The summed E-state index contributed by atoms with van der Waals surface area (Å²) in [6.45, 7) is 5.73. The van der Waals surface area contributed by atoms with Crippen molar-refractivity contribution >= 4 is 17.8 Å². The van der Waals surface area contributed by atoms with E-state index in [4.69, 9.17) is 0 Å². The number of nitrogens with one attached hydrogen (secondary N) is 1. The Bertz CT molecular complexity index is 494. The van der Waals surface area contributed by atoms with Gasteiger partial charge in [-0.15, -0.1) is 0 Å². The van der Waals surface area contributed by atoms with Crippen molar-refractivity contribution in [3.05, 3.63) is 0 Å². The molecule has 0 spiro atoms. The fourth-order valence-corrected chi connectivity index (χ4v) is 2.22. The van der Waals surface area contributed by atoms with Crippen LogP contribution in [0.5, 0.6) is 0 Å². The summed E-state index contributed by atoms with van der Waals surface area (Å²) in [5.74, 6) is -1.56. The van der Waals surface area contributed by atoms with Gasteiger partial charge in [0.05, 0.1) is 0 Å². The Kier molecular flexibility index (Phi) is 5.03. The Morgan fingerprint density at radius 2 is 1.70 bits per heavy atom. The van der Waals surface area contributed by atoms with E-state index >= 15 is 0 Å². The number of hydrogen-bond donors (Lipinski definition) is 1. The molecule has 1 rings (SSSR count). The molecule has 1 fully saturated rings. The summed E-state index contributed by atoms with van der Waals surface area (Å²) in [7, 11) is 0. The Morgan fingerprint density at radius 3 is 2.04 bits per heavy atom. The van der Waals surface area contributed by atoms with Crippen LogP contribution in [0.1, 0.15) is 34.6 Å². The van der Waals surface area contributed by atoms with Gasteiger partial charge in [0.2, 0.25) is 5.91 Å². The first-order valence-corrected chi connectivity index (χ1v) is 7.11. The molecule has 1 N–H and O–H groups in total. The van der Waals surface area contributed by atoms with E-state index in [0.717, 1.165) is 0 Å². The highest BCUT2D eigenvalue weighted by atomic mass is 19.4. The predicted octanol–water partition coefficient (Wildman–Crippen LogP) is 1.75. The summed E-state index contributed by atoms with van der Waals surface area (Å²) >= 11 is 0. The molecule has 0 unspecified atom stereocenters. The summed E-state index contributed by atoms with van der Waals surface area (Å²) < 4.78 is 38.0. The zero-order chi connectivity index (χ0) is 18.2. The molecule has 0 aromatic heterocycles. The van der Waals surface area contributed by atoms with Gasteiger partial charge in [0.1, 0.15) is 18.6 Å². The topological polar surface area (TPSA) is 69.7 Å². The molecule has 0 aliphatic carbocycles. The van der Waals surface area contributed by atoms with Gasteiger partial charge in [-0.3, -0.25) is 14.5 Å². The van der Waals surface area contributed by atoms with Crippen molar-refractivity contribution in [3.63, 3.8) is 0 Å². The molecule has 0 radical (unpaired) electrons. The van der Waals surface area contributed by atoms with Gasteiger partial charge in [0, 0.05) is 6.54 Å². The fourth-order valence-electron chi connectivity index (χ4n) is 2.22. The van der Waals surface area contributed by atoms with Crippen molar-refractivity contribution in [2.24, 2.45) is 5.41 Å². The van der Waals surface area contributed by atoms with Gasteiger partial charge in [-0.1, -0.05) is 20.8 Å². The van der Waals surface area contributed by atoms with Crippen LogP contribution >= 0.6 is 0 Å². The smallest absolute Gasteiger partial charge is 0.332 e. The number of nitrogens with zero attached hydrogens (tertiary/aromatic N) is 2. The molecule has 9 heteroatoms. The minimum absolute atomic E-state index is 0.140. The number of amides is 4. The highest BCUT2D eigenvalue weighted by Crippen LogP contribution is 2.22. The first-order valence-electron chi connectivity index (χ1n) is 7.11. The standard InChI is InChI=1S/C14H22F3N3O3/c1-12(2,3)7-19(8-14(15,16)17)9(21)6-20-10(22)13(4,5)18-11(20)23/h6-8H2,1-5H3,(H,18,23). The predicted molar refractivity (Wildman–Crippen MR) is 76.4 cm³/mol. The quantitative estimate of drug-likeness (QED) is 0.795. The van der Waals surface area contributed by atoms with E-state index in [1.165, 1.54) is 13.8 Å². The Labute approximate surface area is 133 Å². The van der Waals surface area contributed by atoms with Gasteiger partial charge >= 0.3 is 12.2 Å². The summed E-state index contributed by atoms with van der Waals surface area (Å²) in [6.07, 6.45) is -4.56. The third kappa shape index (κ3) is 5.40. The monoisotopic (exact) mass is 337 g/mol. The largest absolute Gasteiger partial charge is 0.406 e. The van der Waals surface area contributed by atoms with Crippen molar-refractivity contribution in [1.82, 2.24) is 15.1 Å². The lowest BCUT2D eigenvalue weighted by atomic mass is 9.96. The van der Waals surface area contributed by atoms with Crippen LogP contribution in [0, 0.1) is 5.41 Å². The highest BCUT2D eigenvalue weighted by molar-refractivity contribution is 6.08. The van der Waals surface area contributed by atoms with E-state index in [1.807, 2.05) is 0 Å². The van der Waals surface area contributed by atoms with Gasteiger partial charge in [-0.2, -0.15) is 13.2 Å². The third-order valence-corrected chi connectivity index (χ3v) is 3.13. The Hall–Kier alpha value is -1.80. The van der Waals surface area contributed by atoms with E-state index in [2.05, 4.69) is 5.32 Å². The van der Waals surface area contributed by atoms with Gasteiger partial charge in [-0.25, -0.2) is 4.79 Å². The Balaban J connectivity index is 2.89. The maximum Gasteiger partial charge on any atom is 0.406 e. The molecule has 0 atom stereocenters. The summed E-state index contributed by atoms with van der Waals surface area (Å²) in [5.41, 5.74) is -1.73. The molecule has 1 aliphatic rings. The van der Waals surface area contributed by atoms with Gasteiger partial charge < -0.3 is 10.2 Å². The number of carbonyl (C=O) groups is 3. The maximum atomic E-state index is 12.7. The summed E-state index contributed by atoms with van der Waals surface area (Å²) in [5, 5.41) is 2.38. The number of alkyl halides is 3. The SMILES string of the molecule is CC(C)(C)CN(CC(F)(F)F)C(=O)CN1C(=O)NC(C)(C)C1=O. The van der Waals surface area contributed by atoms with E-state index in [0.29, 0.717) is 9.80 Å². The van der Waals surface area contributed by atoms with Crippen molar-refractivity contribution < 1.29 is 27.6 Å². The zero-order valence-corrected chi connectivity index (χ0v) is 13.9. The van der Waals surface area contributed by atoms with Crippen LogP contribution in [0.25, 0.3) is 0 Å². The molecule has 132 valence electrons. The molecule has 6 nitrogen and oxygen atoms in total. The lowest BCUT2D eigenvalue weighted by Crippen LogP contribution is -2.49. The van der Waals surface area contributed by atoms with E-state index in [-0.39, 0.29) is 6.54 Å². The van der Waals surface area contributed by atoms with Crippen LogP contribution in [0.15, 0.2) is 0 Å². The molecule has 1 aliphatic heterocycles. The zero-order valence-electron chi connectivity index (χ0n) is 13.9. The first-order chi connectivity index (χ1) is 10.1. The second-order valence-corrected chi connectivity index (χ2v) is 7.37. The van der Waals surface area contributed by atoms with Gasteiger partial charge in [0.15, 0.2) is 0 Å². The summed E-state index contributed by atoms with van der Waals surface area (Å²) in [4.78, 5) is 37.2. The molecule has 0 saturated carbocycles. The number of carbonyl (C=O) groups excluding carboxylic acids is 3. The van der Waals surface area contributed by atoms with E-state index in [1.54, 1.807) is 20.8 Å². The number of urea groups is 1. The fraction of sp³-hybridized carbons (Fsp3) is 0.786. The highest BCUT2D eigenvalue weighted by Gasteiger charge is 2.46. The van der Waals surface area contributed by atoms with Crippen LogP contribution < -0.4 is 5.32 Å². The van der Waals surface area contributed by atoms with Crippen molar-refractivity contribution in [3.8, 4) is 0 Å². The molecule has 4 amide bonds. The number of hydrogen-bond acceptors (Lipinski definition) is 3. The number of imide groups is 1. The van der Waals surface area contributed by atoms with Crippen molar-refractivity contribution in [2.75, 3.05) is 19.6 Å². The second kappa shape index (κ2) is 6.01. The van der Waals surface area contributed by atoms with Gasteiger partial charge in [0.25, 0.3) is 5.91 Å². The van der Waals surface area contributed by atoms with Crippen LogP contribution in [0.3, 0.4) is 0 Å². The molecule has 0 bridgehead atoms. The molecular weight excluding hydrogens is 315 g/mol. The molecule has 0 aromatic rings. The molecule has 23 heavy (non-hydrogen) atoms. The lowest BCUT2D eigenvalue weighted by molar-refractivity contribution is -0.164. The minimum Gasteiger partial charge on any atom is -0.332 e. The van der Waals surface area contributed by atoms with E-state index < -0.39 is 48.1 Å². The van der Waals surface area contributed by atoms with Crippen molar-refractivity contribution in [1.29, 1.82) is 0 Å². The van der Waals surface area contributed by atoms with Crippen molar-refractivity contribution in [2.45, 2.75) is 46.3 Å². The third-order valence-electron chi connectivity index (χ3n) is 3.13. The molecule has 1 heterocycles. The second-order valence-electron chi connectivity index (χ2n) is 7.37. The number of halogens is 3. The van der Waals surface area contributed by atoms with Crippen LogP contribution in [0.2, 0.25) is 0 Å². The molecule has 0 aromatic carbocycles. The molecule has 1 saturated heterocycles. The maximum absolute atomic E-state index is 12.7. The lowest BCUT2D eigenvalue weighted by Gasteiger charge is -2.31. The van der Waals surface area contributed by atoms with Crippen LogP contribution in [0.4, 0.5) is 18.0 Å². The normalized spacial score (nSPS) is 18.2. The molecular formula is C14H22F3N3O3. The van der Waals surface area contributed by atoms with Gasteiger partial charge in [-0.05, 0) is 19.3 Å². The summed E-state index contributed by atoms with van der Waals surface area (Å²) in [6, 6.07) is -0.781. The average molecular weight is 337 g/mol. The van der Waals surface area contributed by atoms with Crippen LogP contribution in [-0.4, -0.2) is 59.0 Å². The first kappa shape index (κ1) is 19.2. The van der Waals surface area contributed by atoms with Crippen LogP contribution in [-0.2, 0) is 9.59 Å². The van der Waals surface area contributed by atoms with E-state index in [9.17, 15) is 27.6 Å². The minimum atomic E-state index is -4.56. The number of rotatable bonds is 4.